The number of carboxylic acid groups (broad SMARTS) is 1. The molecule has 0 bridgehead atoms. The lowest BCUT2D eigenvalue weighted by Gasteiger charge is -2.27. The van der Waals surface area contributed by atoms with E-state index in [9.17, 15) is 19.2 Å². The molecule has 0 radical (unpaired) electrons. The van der Waals surface area contributed by atoms with E-state index in [2.05, 4.69) is 10.6 Å². The molecule has 1 heterocycles. The van der Waals surface area contributed by atoms with Gasteiger partial charge in [0.15, 0.2) is 0 Å². The molecule has 1 aromatic rings. The van der Waals surface area contributed by atoms with E-state index in [4.69, 9.17) is 10.8 Å². The molecule has 1 fully saturated rings. The number of aliphatic carboxylic acids is 1. The lowest BCUT2D eigenvalue weighted by Crippen LogP contribution is -2.55. The van der Waals surface area contributed by atoms with E-state index >= 15 is 0 Å². The Morgan fingerprint density at radius 1 is 1.14 bits per heavy atom. The molecule has 9 heteroatoms. The molecule has 0 aromatic heterocycles. The van der Waals surface area contributed by atoms with Gasteiger partial charge in [-0.25, -0.2) is 0 Å². The maximum Gasteiger partial charge on any atom is 0.325 e. The number of rotatable bonds is 8. The largest absolute Gasteiger partial charge is 0.480 e. The fourth-order valence-corrected chi connectivity index (χ4v) is 3.25. The van der Waals surface area contributed by atoms with E-state index in [0.29, 0.717) is 25.8 Å². The molecule has 0 spiro atoms. The van der Waals surface area contributed by atoms with E-state index in [1.165, 1.54) is 18.7 Å². The zero-order chi connectivity index (χ0) is 21.6. The van der Waals surface area contributed by atoms with Crippen LogP contribution in [0.15, 0.2) is 30.3 Å². The second-order valence-electron chi connectivity index (χ2n) is 7.28. The maximum absolute atomic E-state index is 12.8. The van der Waals surface area contributed by atoms with Gasteiger partial charge in [0.05, 0.1) is 6.04 Å². The quantitative estimate of drug-likeness (QED) is 0.466. The summed E-state index contributed by atoms with van der Waals surface area (Å²) in [5.41, 5.74) is 7.02. The number of hydrogen-bond donors (Lipinski definition) is 4. The predicted octanol–water partition coefficient (Wildman–Crippen LogP) is -0.359. The number of carbonyl (C=O) groups excluding carboxylic acids is 3. The molecule has 4 atom stereocenters. The van der Waals surface area contributed by atoms with Gasteiger partial charge in [0, 0.05) is 6.54 Å². The Balaban J connectivity index is 1.94. The molecule has 9 nitrogen and oxygen atoms in total. The summed E-state index contributed by atoms with van der Waals surface area (Å²) in [4.78, 5) is 49.8. The molecule has 0 saturated carbocycles. The van der Waals surface area contributed by atoms with Gasteiger partial charge in [-0.2, -0.15) is 0 Å². The summed E-state index contributed by atoms with van der Waals surface area (Å²) in [6.07, 6.45) is 1.52. The van der Waals surface area contributed by atoms with E-state index in [-0.39, 0.29) is 5.91 Å². The first kappa shape index (κ1) is 22.4. The lowest BCUT2D eigenvalue weighted by molar-refractivity contribution is -0.142. The van der Waals surface area contributed by atoms with E-state index in [0.717, 1.165) is 5.56 Å². The number of nitrogens with one attached hydrogen (secondary N) is 2. The number of carbonyl (C=O) groups is 4. The van der Waals surface area contributed by atoms with E-state index in [1.807, 2.05) is 30.3 Å². The number of nitrogens with zero attached hydrogens (tertiary/aromatic N) is 1. The Kier molecular flexibility index (Phi) is 7.72. The SMILES string of the molecule is CC(NC(=O)C(C)NC(=O)C1CCCN1C(=O)C(N)Cc1ccccc1)C(=O)O. The van der Waals surface area contributed by atoms with Gasteiger partial charge in [0.1, 0.15) is 18.1 Å². The predicted molar refractivity (Wildman–Crippen MR) is 106 cm³/mol. The van der Waals surface area contributed by atoms with Crippen LogP contribution in [0.1, 0.15) is 32.3 Å². The zero-order valence-electron chi connectivity index (χ0n) is 16.6. The van der Waals surface area contributed by atoms with Gasteiger partial charge in [-0.15, -0.1) is 0 Å². The first-order valence-corrected chi connectivity index (χ1v) is 9.64. The number of amides is 3. The molecule has 1 saturated heterocycles. The Hall–Kier alpha value is -2.94. The summed E-state index contributed by atoms with van der Waals surface area (Å²) >= 11 is 0. The first-order valence-electron chi connectivity index (χ1n) is 9.64. The molecule has 1 aliphatic heterocycles. The molecule has 4 unspecified atom stereocenters. The number of hydrogen-bond acceptors (Lipinski definition) is 5. The van der Waals surface area contributed by atoms with Crippen molar-refractivity contribution in [1.82, 2.24) is 15.5 Å². The smallest absolute Gasteiger partial charge is 0.325 e. The van der Waals surface area contributed by atoms with Gasteiger partial charge in [-0.1, -0.05) is 30.3 Å². The van der Waals surface area contributed by atoms with Gasteiger partial charge in [-0.3, -0.25) is 19.2 Å². The van der Waals surface area contributed by atoms with Crippen molar-refractivity contribution in [2.75, 3.05) is 6.54 Å². The Labute approximate surface area is 169 Å². The summed E-state index contributed by atoms with van der Waals surface area (Å²) in [5.74, 6) is -2.53. The van der Waals surface area contributed by atoms with Crippen molar-refractivity contribution >= 4 is 23.7 Å². The molecule has 5 N–H and O–H groups in total. The summed E-state index contributed by atoms with van der Waals surface area (Å²) in [6.45, 7) is 3.22. The average molecular weight is 404 g/mol. The summed E-state index contributed by atoms with van der Waals surface area (Å²) in [5, 5.41) is 13.7. The number of nitrogens with two attached hydrogens (primary N) is 1. The van der Waals surface area contributed by atoms with Crippen LogP contribution >= 0.6 is 0 Å². The van der Waals surface area contributed by atoms with Crippen molar-refractivity contribution in [3.8, 4) is 0 Å². The standard InChI is InChI=1S/C20H28N4O5/c1-12(17(25)23-13(2)20(28)29)22-18(26)16-9-6-10-24(16)19(27)15(21)11-14-7-4-3-5-8-14/h3-5,7-8,12-13,15-16H,6,9-11,21H2,1-2H3,(H,22,26)(H,23,25)(H,28,29). The second-order valence-corrected chi connectivity index (χ2v) is 7.28. The molecular weight excluding hydrogens is 376 g/mol. The van der Waals surface area contributed by atoms with Gasteiger partial charge in [0.2, 0.25) is 17.7 Å². The molecule has 29 heavy (non-hydrogen) atoms. The van der Waals surface area contributed by atoms with Crippen molar-refractivity contribution in [2.45, 2.75) is 57.3 Å². The summed E-state index contributed by atoms with van der Waals surface area (Å²) in [6, 6.07) is 5.94. The van der Waals surface area contributed by atoms with Crippen LogP contribution in [0.2, 0.25) is 0 Å². The van der Waals surface area contributed by atoms with Crippen LogP contribution in [0.3, 0.4) is 0 Å². The fraction of sp³-hybridized carbons (Fsp3) is 0.500. The highest BCUT2D eigenvalue weighted by Crippen LogP contribution is 2.19. The third kappa shape index (κ3) is 6.02. The van der Waals surface area contributed by atoms with Crippen molar-refractivity contribution in [3.05, 3.63) is 35.9 Å². The molecule has 158 valence electrons. The molecule has 1 aromatic carbocycles. The normalized spacial score (nSPS) is 19.1. The average Bonchev–Trinajstić information content (AvgIpc) is 3.17. The van der Waals surface area contributed by atoms with Gasteiger partial charge >= 0.3 is 5.97 Å². The Bertz CT molecular complexity index is 754. The molecule has 2 rings (SSSR count). The van der Waals surface area contributed by atoms with Crippen molar-refractivity contribution in [3.63, 3.8) is 0 Å². The van der Waals surface area contributed by atoms with Gasteiger partial charge in [0.25, 0.3) is 0 Å². The molecular formula is C20H28N4O5. The van der Waals surface area contributed by atoms with Crippen molar-refractivity contribution in [1.29, 1.82) is 0 Å². The highest BCUT2D eigenvalue weighted by atomic mass is 16.4. The minimum atomic E-state index is -1.17. The van der Waals surface area contributed by atoms with Crippen LogP contribution < -0.4 is 16.4 Å². The van der Waals surface area contributed by atoms with Crippen LogP contribution in [-0.2, 0) is 25.6 Å². The Morgan fingerprint density at radius 2 is 1.79 bits per heavy atom. The number of likely N-dealkylation sites (tertiary alicyclic amines) is 1. The van der Waals surface area contributed by atoms with Crippen molar-refractivity contribution < 1.29 is 24.3 Å². The minimum absolute atomic E-state index is 0.303. The molecule has 0 aliphatic carbocycles. The third-order valence-corrected chi connectivity index (χ3v) is 4.94. The summed E-state index contributed by atoms with van der Waals surface area (Å²) in [7, 11) is 0. The Morgan fingerprint density at radius 3 is 2.41 bits per heavy atom. The monoisotopic (exact) mass is 404 g/mol. The number of benzene rings is 1. The highest BCUT2D eigenvalue weighted by molar-refractivity contribution is 5.94. The van der Waals surface area contributed by atoms with Crippen LogP contribution in [0.5, 0.6) is 0 Å². The minimum Gasteiger partial charge on any atom is -0.480 e. The third-order valence-electron chi connectivity index (χ3n) is 4.94. The van der Waals surface area contributed by atoms with Gasteiger partial charge in [-0.05, 0) is 38.7 Å². The second kappa shape index (κ2) is 10.0. The molecule has 1 aliphatic rings. The summed E-state index contributed by atoms with van der Waals surface area (Å²) < 4.78 is 0. The van der Waals surface area contributed by atoms with Crippen LogP contribution in [-0.4, -0.2) is 64.4 Å². The van der Waals surface area contributed by atoms with Crippen molar-refractivity contribution in [2.24, 2.45) is 5.73 Å². The first-order chi connectivity index (χ1) is 13.7. The molecule has 3 amide bonds. The maximum atomic E-state index is 12.8. The van der Waals surface area contributed by atoms with Crippen LogP contribution in [0, 0.1) is 0 Å². The number of carboxylic acids is 1. The van der Waals surface area contributed by atoms with Crippen LogP contribution in [0.4, 0.5) is 0 Å². The lowest BCUT2D eigenvalue weighted by atomic mass is 10.1. The highest BCUT2D eigenvalue weighted by Gasteiger charge is 2.37. The fourth-order valence-electron chi connectivity index (χ4n) is 3.25. The van der Waals surface area contributed by atoms with E-state index < -0.39 is 42.0 Å². The van der Waals surface area contributed by atoms with Gasteiger partial charge < -0.3 is 26.4 Å². The topological polar surface area (TPSA) is 142 Å². The van der Waals surface area contributed by atoms with Crippen LogP contribution in [0.25, 0.3) is 0 Å². The van der Waals surface area contributed by atoms with E-state index in [1.54, 1.807) is 0 Å². The zero-order valence-corrected chi connectivity index (χ0v) is 16.6.